The molecule has 1 heterocycles. The normalized spacial score (nSPS) is 14.1. The number of aromatic amines is 1. The third kappa shape index (κ3) is 10.1. The molecular formula is C25H34N6O8. The first-order valence-corrected chi connectivity index (χ1v) is 12.2. The lowest BCUT2D eigenvalue weighted by Crippen LogP contribution is -2.58. The Labute approximate surface area is 224 Å². The lowest BCUT2D eigenvalue weighted by atomic mass is 10.0. The molecule has 2 rings (SSSR count). The molecule has 3 amide bonds. The number of hydrogen-bond donors (Lipinski definition) is 8. The van der Waals surface area contributed by atoms with Crippen LogP contribution in [-0.2, 0) is 36.8 Å². The highest BCUT2D eigenvalue weighted by atomic mass is 16.4. The highest BCUT2D eigenvalue weighted by molar-refractivity contribution is 5.94. The number of nitrogens with one attached hydrogen (secondary N) is 4. The summed E-state index contributed by atoms with van der Waals surface area (Å²) < 4.78 is 0. The number of carboxylic acid groups (broad SMARTS) is 2. The highest BCUT2D eigenvalue weighted by Gasteiger charge is 2.31. The average Bonchev–Trinajstić information content (AvgIpc) is 3.39. The molecule has 0 fully saturated rings. The van der Waals surface area contributed by atoms with Gasteiger partial charge in [0, 0.05) is 31.2 Å². The Balaban J connectivity index is 2.23. The maximum Gasteiger partial charge on any atom is 0.326 e. The molecule has 4 atom stereocenters. The molecule has 9 N–H and O–H groups in total. The third-order valence-corrected chi connectivity index (χ3v) is 5.90. The molecule has 0 radical (unpaired) electrons. The summed E-state index contributed by atoms with van der Waals surface area (Å²) in [6.07, 6.45) is 1.86. The number of aromatic hydroxyl groups is 1. The van der Waals surface area contributed by atoms with Crippen molar-refractivity contribution in [2.24, 2.45) is 11.7 Å². The van der Waals surface area contributed by atoms with Gasteiger partial charge in [0.2, 0.25) is 17.7 Å². The van der Waals surface area contributed by atoms with Crippen molar-refractivity contribution in [3.63, 3.8) is 0 Å². The Morgan fingerprint density at radius 1 is 0.897 bits per heavy atom. The van der Waals surface area contributed by atoms with Crippen LogP contribution in [0.5, 0.6) is 5.75 Å². The summed E-state index contributed by atoms with van der Waals surface area (Å²) in [7, 11) is 0. The number of carboxylic acids is 2. The number of phenolic OH excluding ortho intramolecular Hbond substituents is 1. The molecule has 14 nitrogen and oxygen atoms in total. The number of benzene rings is 1. The second-order valence-corrected chi connectivity index (χ2v) is 9.38. The summed E-state index contributed by atoms with van der Waals surface area (Å²) in [5.74, 6) is -5.11. The van der Waals surface area contributed by atoms with E-state index in [2.05, 4.69) is 25.9 Å². The average molecular weight is 547 g/mol. The number of aliphatic carboxylic acids is 2. The minimum Gasteiger partial charge on any atom is -0.508 e. The third-order valence-electron chi connectivity index (χ3n) is 5.90. The minimum atomic E-state index is -1.37. The van der Waals surface area contributed by atoms with Crippen LogP contribution in [0.1, 0.15) is 37.9 Å². The summed E-state index contributed by atoms with van der Waals surface area (Å²) in [4.78, 5) is 68.6. The Hall–Kier alpha value is -4.46. The van der Waals surface area contributed by atoms with Crippen LogP contribution in [0.15, 0.2) is 36.8 Å². The number of aromatic nitrogens is 2. The molecule has 0 bridgehead atoms. The smallest absolute Gasteiger partial charge is 0.326 e. The largest absolute Gasteiger partial charge is 0.508 e. The van der Waals surface area contributed by atoms with Gasteiger partial charge in [-0.25, -0.2) is 9.78 Å². The number of nitrogens with zero attached hydrogens (tertiary/aromatic N) is 1. The lowest BCUT2D eigenvalue weighted by Gasteiger charge is -2.25. The van der Waals surface area contributed by atoms with Crippen molar-refractivity contribution >= 4 is 29.7 Å². The number of H-pyrrole nitrogens is 1. The topological polar surface area (TPSA) is 237 Å². The monoisotopic (exact) mass is 546 g/mol. The maximum atomic E-state index is 13.2. The van der Waals surface area contributed by atoms with Crippen LogP contribution in [-0.4, -0.2) is 79.1 Å². The van der Waals surface area contributed by atoms with Gasteiger partial charge in [-0.05, 0) is 30.0 Å². The first-order valence-electron chi connectivity index (χ1n) is 12.2. The van der Waals surface area contributed by atoms with Crippen molar-refractivity contribution in [1.29, 1.82) is 0 Å². The molecule has 0 saturated carbocycles. The zero-order chi connectivity index (χ0) is 29.1. The zero-order valence-electron chi connectivity index (χ0n) is 21.6. The fourth-order valence-electron chi connectivity index (χ4n) is 3.55. The van der Waals surface area contributed by atoms with Crippen molar-refractivity contribution in [3.05, 3.63) is 48.0 Å². The lowest BCUT2D eigenvalue weighted by molar-refractivity contribution is -0.142. The second-order valence-electron chi connectivity index (χ2n) is 9.38. The molecule has 0 aliphatic rings. The van der Waals surface area contributed by atoms with Gasteiger partial charge in [0.25, 0.3) is 0 Å². The first-order chi connectivity index (χ1) is 18.4. The molecular weight excluding hydrogens is 512 g/mol. The SMILES string of the molecule is CC(C)C(N)C(=O)NC(CCC(=O)O)C(=O)NC(Cc1cnc[nH]1)C(=O)NC(Cc1ccc(O)cc1)C(=O)O. The summed E-state index contributed by atoms with van der Waals surface area (Å²) >= 11 is 0. The van der Waals surface area contributed by atoms with Gasteiger partial charge in [0.15, 0.2) is 0 Å². The molecule has 2 aromatic rings. The molecule has 0 spiro atoms. The standard InChI is InChI=1S/C25H34N6O8/c1-13(2)21(26)24(37)29-17(7-8-20(33)34)22(35)30-18(10-15-11-27-12-28-15)23(36)31-19(25(38)39)9-14-3-5-16(32)6-4-14/h3-6,11-13,17-19,21,32H,7-10,26H2,1-2H3,(H,27,28)(H,29,37)(H,30,35)(H,31,36)(H,33,34)(H,38,39). The number of nitrogens with two attached hydrogens (primary N) is 1. The maximum absolute atomic E-state index is 13.2. The number of rotatable bonds is 15. The predicted octanol–water partition coefficient (Wildman–Crippen LogP) is -0.712. The van der Waals surface area contributed by atoms with E-state index in [9.17, 15) is 34.2 Å². The van der Waals surface area contributed by atoms with Gasteiger partial charge >= 0.3 is 11.9 Å². The molecule has 39 heavy (non-hydrogen) atoms. The van der Waals surface area contributed by atoms with E-state index in [4.69, 9.17) is 10.8 Å². The van der Waals surface area contributed by atoms with Crippen molar-refractivity contribution < 1.29 is 39.3 Å². The van der Waals surface area contributed by atoms with Crippen LogP contribution in [0.2, 0.25) is 0 Å². The van der Waals surface area contributed by atoms with Gasteiger partial charge in [0.05, 0.1) is 12.4 Å². The number of hydrogen-bond acceptors (Lipinski definition) is 8. The summed E-state index contributed by atoms with van der Waals surface area (Å²) in [5.41, 5.74) is 6.84. The highest BCUT2D eigenvalue weighted by Crippen LogP contribution is 2.12. The molecule has 212 valence electrons. The Morgan fingerprint density at radius 2 is 1.49 bits per heavy atom. The predicted molar refractivity (Wildman–Crippen MR) is 137 cm³/mol. The van der Waals surface area contributed by atoms with E-state index < -0.39 is 60.2 Å². The summed E-state index contributed by atoms with van der Waals surface area (Å²) in [5, 5.41) is 35.6. The van der Waals surface area contributed by atoms with E-state index in [1.165, 1.54) is 36.8 Å². The Bertz CT molecular complexity index is 1140. The number of amides is 3. The zero-order valence-corrected chi connectivity index (χ0v) is 21.6. The molecule has 1 aromatic heterocycles. The fourth-order valence-corrected chi connectivity index (χ4v) is 3.55. The minimum absolute atomic E-state index is 0.00381. The van der Waals surface area contributed by atoms with Crippen molar-refractivity contribution in [1.82, 2.24) is 25.9 Å². The van der Waals surface area contributed by atoms with E-state index in [1.807, 2.05) is 0 Å². The van der Waals surface area contributed by atoms with E-state index in [0.29, 0.717) is 11.3 Å². The van der Waals surface area contributed by atoms with Crippen molar-refractivity contribution in [2.45, 2.75) is 63.7 Å². The van der Waals surface area contributed by atoms with Crippen LogP contribution in [0.25, 0.3) is 0 Å². The van der Waals surface area contributed by atoms with Crippen LogP contribution in [0, 0.1) is 5.92 Å². The summed E-state index contributed by atoms with van der Waals surface area (Å²) in [6, 6.07) is 0.852. The van der Waals surface area contributed by atoms with Gasteiger partial charge < -0.3 is 42.0 Å². The van der Waals surface area contributed by atoms with Gasteiger partial charge in [0.1, 0.15) is 23.9 Å². The Morgan fingerprint density at radius 3 is 2.03 bits per heavy atom. The molecule has 1 aromatic carbocycles. The van der Waals surface area contributed by atoms with Crippen molar-refractivity contribution in [3.8, 4) is 5.75 Å². The second kappa shape index (κ2) is 14.5. The van der Waals surface area contributed by atoms with E-state index in [-0.39, 0.29) is 30.9 Å². The quantitative estimate of drug-likeness (QED) is 0.140. The fraction of sp³-hybridized carbons (Fsp3) is 0.440. The van der Waals surface area contributed by atoms with Gasteiger partial charge in [-0.3, -0.25) is 19.2 Å². The van der Waals surface area contributed by atoms with Crippen LogP contribution < -0.4 is 21.7 Å². The van der Waals surface area contributed by atoms with Crippen molar-refractivity contribution in [2.75, 3.05) is 0 Å². The van der Waals surface area contributed by atoms with Gasteiger partial charge in [-0.1, -0.05) is 26.0 Å². The molecule has 4 unspecified atom stereocenters. The molecule has 0 aliphatic heterocycles. The first kappa shape index (κ1) is 30.8. The number of imidazole rings is 1. The van der Waals surface area contributed by atoms with Crippen LogP contribution in [0.3, 0.4) is 0 Å². The number of carbonyl (C=O) groups excluding carboxylic acids is 3. The van der Waals surface area contributed by atoms with E-state index in [1.54, 1.807) is 13.8 Å². The Kier molecular flexibility index (Phi) is 11.4. The van der Waals surface area contributed by atoms with E-state index >= 15 is 0 Å². The number of phenols is 1. The van der Waals surface area contributed by atoms with Gasteiger partial charge in [-0.15, -0.1) is 0 Å². The molecule has 14 heteroatoms. The molecule has 0 saturated heterocycles. The summed E-state index contributed by atoms with van der Waals surface area (Å²) in [6.45, 7) is 3.41. The van der Waals surface area contributed by atoms with Crippen LogP contribution in [0.4, 0.5) is 0 Å². The van der Waals surface area contributed by atoms with Crippen LogP contribution >= 0.6 is 0 Å². The number of carbonyl (C=O) groups is 5. The van der Waals surface area contributed by atoms with E-state index in [0.717, 1.165) is 0 Å². The molecule has 0 aliphatic carbocycles. The van der Waals surface area contributed by atoms with Gasteiger partial charge in [-0.2, -0.15) is 0 Å².